The van der Waals surface area contributed by atoms with E-state index in [0.717, 1.165) is 18.2 Å². The lowest BCUT2D eigenvalue weighted by Gasteiger charge is -2.31. The molecule has 1 amide bonds. The monoisotopic (exact) mass is 533 g/mol. The third kappa shape index (κ3) is 5.60. The molecule has 5 rings (SSSR count). The molecule has 2 aliphatic rings. The molecule has 0 aliphatic heterocycles. The van der Waals surface area contributed by atoms with Crippen LogP contribution in [0, 0.1) is 18.6 Å². The third-order valence-electron chi connectivity index (χ3n) is 6.63. The molecule has 10 heteroatoms. The van der Waals surface area contributed by atoms with Crippen molar-refractivity contribution >= 4 is 11.6 Å². The summed E-state index contributed by atoms with van der Waals surface area (Å²) < 4.78 is 81.1. The number of nitrogens with one attached hydrogen (secondary N) is 1. The van der Waals surface area contributed by atoms with Crippen molar-refractivity contribution in [1.29, 1.82) is 0 Å². The Bertz CT molecular complexity index is 1380. The SMILES string of the molecule is Cc1cc(F)ccc1Oc1cc(C2CC2)c(C(F)(F)F)cc1C(=O)Nc1ccc(F)c(OC2CC(O)C2)c1. The number of aliphatic hydroxyl groups is 1. The molecule has 2 aliphatic carbocycles. The van der Waals surface area contributed by atoms with Crippen molar-refractivity contribution in [2.24, 2.45) is 0 Å². The number of carbonyl (C=O) groups is 1. The number of amides is 1. The van der Waals surface area contributed by atoms with Crippen molar-refractivity contribution < 1.29 is 41.3 Å². The van der Waals surface area contributed by atoms with Gasteiger partial charge in [0.1, 0.15) is 23.4 Å². The number of alkyl halides is 3. The zero-order valence-corrected chi connectivity index (χ0v) is 20.2. The number of halogens is 5. The Morgan fingerprint density at radius 2 is 1.71 bits per heavy atom. The molecule has 3 aromatic rings. The van der Waals surface area contributed by atoms with Gasteiger partial charge in [-0.05, 0) is 79.3 Å². The van der Waals surface area contributed by atoms with E-state index in [1.807, 2.05) is 0 Å². The van der Waals surface area contributed by atoms with Crippen molar-refractivity contribution in [3.05, 3.63) is 82.4 Å². The normalized spacial score (nSPS) is 19.0. The van der Waals surface area contributed by atoms with Crippen LogP contribution in [0.5, 0.6) is 17.2 Å². The molecule has 38 heavy (non-hydrogen) atoms. The first-order valence-electron chi connectivity index (χ1n) is 12.1. The predicted molar refractivity (Wildman–Crippen MR) is 129 cm³/mol. The summed E-state index contributed by atoms with van der Waals surface area (Å²) in [6, 6.07) is 9.22. The minimum atomic E-state index is -4.71. The highest BCUT2D eigenvalue weighted by Crippen LogP contribution is 2.48. The first-order valence-corrected chi connectivity index (χ1v) is 12.1. The first kappa shape index (κ1) is 26.0. The van der Waals surface area contributed by atoms with E-state index in [1.165, 1.54) is 30.3 Å². The maximum Gasteiger partial charge on any atom is 0.416 e. The van der Waals surface area contributed by atoms with Gasteiger partial charge < -0.3 is 19.9 Å². The van der Waals surface area contributed by atoms with E-state index >= 15 is 0 Å². The summed E-state index contributed by atoms with van der Waals surface area (Å²) in [5, 5.41) is 11.9. The molecule has 0 spiro atoms. The van der Waals surface area contributed by atoms with E-state index in [9.17, 15) is 31.9 Å². The molecule has 2 saturated carbocycles. The Labute approximate surface area is 215 Å². The van der Waals surface area contributed by atoms with Crippen LogP contribution in [0.15, 0.2) is 48.5 Å². The van der Waals surface area contributed by atoms with Crippen LogP contribution in [0.4, 0.5) is 27.6 Å². The molecule has 5 nitrogen and oxygen atoms in total. The standard InChI is InChI=1S/C28H24F5NO4/c1-14-8-16(29)4-7-24(14)38-25-13-20(15-2-3-15)22(28(31,32)33)12-21(25)27(36)34-17-5-6-23(30)26(9-17)37-19-10-18(35)11-19/h4-9,12-13,15,18-19,35H,2-3,10-11H2,1H3,(H,34,36). The number of carbonyl (C=O) groups excluding carboxylic acids is 1. The molecular weight excluding hydrogens is 509 g/mol. The van der Waals surface area contributed by atoms with Gasteiger partial charge in [0.2, 0.25) is 0 Å². The van der Waals surface area contributed by atoms with Gasteiger partial charge in [0.25, 0.3) is 5.91 Å². The third-order valence-corrected chi connectivity index (χ3v) is 6.63. The maximum atomic E-state index is 14.3. The lowest BCUT2D eigenvalue weighted by atomic mass is 9.92. The van der Waals surface area contributed by atoms with Gasteiger partial charge in [0.05, 0.1) is 17.2 Å². The molecule has 3 aromatic carbocycles. The van der Waals surface area contributed by atoms with Crippen molar-refractivity contribution in [3.63, 3.8) is 0 Å². The Kier molecular flexibility index (Phi) is 6.77. The van der Waals surface area contributed by atoms with Crippen molar-refractivity contribution in [1.82, 2.24) is 0 Å². The second-order valence-corrected chi connectivity index (χ2v) is 9.68. The van der Waals surface area contributed by atoms with E-state index in [4.69, 9.17) is 9.47 Å². The van der Waals surface area contributed by atoms with Crippen LogP contribution in [0.1, 0.15) is 58.6 Å². The van der Waals surface area contributed by atoms with E-state index in [1.54, 1.807) is 6.92 Å². The number of aryl methyl sites for hydroxylation is 1. The largest absolute Gasteiger partial charge is 0.487 e. The van der Waals surface area contributed by atoms with Crippen LogP contribution >= 0.6 is 0 Å². The number of ether oxygens (including phenoxy) is 2. The number of anilines is 1. The molecule has 200 valence electrons. The van der Waals surface area contributed by atoms with Gasteiger partial charge in [-0.15, -0.1) is 0 Å². The summed E-state index contributed by atoms with van der Waals surface area (Å²) in [5.74, 6) is -2.50. The van der Waals surface area contributed by atoms with Crippen LogP contribution < -0.4 is 14.8 Å². The number of rotatable bonds is 7. The highest BCUT2D eigenvalue weighted by atomic mass is 19.4. The lowest BCUT2D eigenvalue weighted by molar-refractivity contribution is -0.138. The molecule has 0 unspecified atom stereocenters. The van der Waals surface area contributed by atoms with E-state index in [-0.39, 0.29) is 46.1 Å². The van der Waals surface area contributed by atoms with E-state index in [0.29, 0.717) is 31.2 Å². The van der Waals surface area contributed by atoms with Gasteiger partial charge >= 0.3 is 6.18 Å². The van der Waals surface area contributed by atoms with Crippen molar-refractivity contribution in [2.45, 2.75) is 56.9 Å². The fourth-order valence-electron chi connectivity index (χ4n) is 4.36. The van der Waals surface area contributed by atoms with Crippen LogP contribution in [0.25, 0.3) is 0 Å². The predicted octanol–water partition coefficient (Wildman–Crippen LogP) is 7.12. The summed E-state index contributed by atoms with van der Waals surface area (Å²) in [7, 11) is 0. The molecule has 2 fully saturated rings. The van der Waals surface area contributed by atoms with Crippen LogP contribution in [0.3, 0.4) is 0 Å². The fourth-order valence-corrected chi connectivity index (χ4v) is 4.36. The highest BCUT2D eigenvalue weighted by molar-refractivity contribution is 6.06. The topological polar surface area (TPSA) is 67.8 Å². The number of hydrogen-bond acceptors (Lipinski definition) is 4. The first-order chi connectivity index (χ1) is 18.0. The molecule has 2 N–H and O–H groups in total. The van der Waals surface area contributed by atoms with Crippen molar-refractivity contribution in [2.75, 3.05) is 5.32 Å². The zero-order chi connectivity index (χ0) is 27.2. The Morgan fingerprint density at radius 3 is 2.34 bits per heavy atom. The highest BCUT2D eigenvalue weighted by Gasteiger charge is 2.40. The van der Waals surface area contributed by atoms with Gasteiger partial charge in [-0.3, -0.25) is 4.79 Å². The minimum Gasteiger partial charge on any atom is -0.487 e. The maximum absolute atomic E-state index is 14.3. The quantitative estimate of drug-likeness (QED) is 0.318. The second kappa shape index (κ2) is 9.90. The average molecular weight is 533 g/mol. The Morgan fingerprint density at radius 1 is 0.974 bits per heavy atom. The van der Waals surface area contributed by atoms with Gasteiger partial charge in [-0.25, -0.2) is 8.78 Å². The number of hydrogen-bond donors (Lipinski definition) is 2. The molecule has 0 saturated heterocycles. The summed E-state index contributed by atoms with van der Waals surface area (Å²) in [5.41, 5.74) is -0.802. The Hall–Kier alpha value is -3.66. The smallest absolute Gasteiger partial charge is 0.416 e. The molecule has 0 bridgehead atoms. The fraction of sp³-hybridized carbons (Fsp3) is 0.321. The molecule has 0 aromatic heterocycles. The van der Waals surface area contributed by atoms with Crippen LogP contribution in [-0.2, 0) is 6.18 Å². The molecule has 0 heterocycles. The van der Waals surface area contributed by atoms with Crippen LogP contribution in [0.2, 0.25) is 0 Å². The second-order valence-electron chi connectivity index (χ2n) is 9.68. The summed E-state index contributed by atoms with van der Waals surface area (Å²) in [6.07, 6.45) is -3.76. The van der Waals surface area contributed by atoms with Crippen LogP contribution in [-0.4, -0.2) is 23.2 Å². The summed E-state index contributed by atoms with van der Waals surface area (Å²) in [6.45, 7) is 1.57. The molecular formula is C28H24F5NO4. The number of aliphatic hydroxyl groups excluding tert-OH is 1. The summed E-state index contributed by atoms with van der Waals surface area (Å²) in [4.78, 5) is 13.3. The van der Waals surface area contributed by atoms with E-state index in [2.05, 4.69) is 5.32 Å². The summed E-state index contributed by atoms with van der Waals surface area (Å²) >= 11 is 0. The lowest BCUT2D eigenvalue weighted by Crippen LogP contribution is -2.37. The van der Waals surface area contributed by atoms with Gasteiger partial charge in [0.15, 0.2) is 11.6 Å². The minimum absolute atomic E-state index is 0.0315. The number of benzene rings is 3. The van der Waals surface area contributed by atoms with E-state index < -0.39 is 35.4 Å². The molecule has 0 radical (unpaired) electrons. The molecule has 0 atom stereocenters. The average Bonchev–Trinajstić information content (AvgIpc) is 3.66. The van der Waals surface area contributed by atoms with Gasteiger partial charge in [-0.1, -0.05) is 0 Å². The van der Waals surface area contributed by atoms with Gasteiger partial charge in [0, 0.05) is 24.6 Å². The van der Waals surface area contributed by atoms with Gasteiger partial charge in [-0.2, -0.15) is 13.2 Å². The Balaban J connectivity index is 1.49. The zero-order valence-electron chi connectivity index (χ0n) is 20.2. The van der Waals surface area contributed by atoms with Crippen molar-refractivity contribution in [3.8, 4) is 17.2 Å².